The van der Waals surface area contributed by atoms with E-state index in [2.05, 4.69) is 9.05 Å². The van der Waals surface area contributed by atoms with Crippen molar-refractivity contribution in [2.24, 2.45) is 0 Å². The van der Waals surface area contributed by atoms with Crippen molar-refractivity contribution >= 4 is 15.2 Å². The first kappa shape index (κ1) is 22.9. The second kappa shape index (κ2) is 11.9. The Morgan fingerprint density at radius 3 is 1.18 bits per heavy atom. The zero-order valence-electron chi connectivity index (χ0n) is 10.5. The van der Waals surface area contributed by atoms with Crippen LogP contribution in [0, 0.1) is 0 Å². The first-order valence-electron chi connectivity index (χ1n) is 4.98. The Balaban J connectivity index is -0.000000218. The Kier molecular flexibility index (Phi) is 16.0. The summed E-state index contributed by atoms with van der Waals surface area (Å²) in [5.74, 6) is 0. The monoisotopic (exact) mass is 333 g/mol. The van der Waals surface area contributed by atoms with E-state index >= 15 is 0 Å². The van der Waals surface area contributed by atoms with Gasteiger partial charge in [0.1, 0.15) is 15.2 Å². The van der Waals surface area contributed by atoms with E-state index < -0.39 is 15.2 Å². The van der Waals surface area contributed by atoms with Crippen molar-refractivity contribution in [3.63, 3.8) is 0 Å². The maximum Gasteiger partial charge on any atom is 2.00 e. The molecule has 1 radical (unpaired) electrons. The van der Waals surface area contributed by atoms with Crippen LogP contribution in [-0.4, -0.2) is 26.5 Å². The Hall–Kier alpha value is 0.806. The molecule has 0 amide bonds. The molecule has 2 atom stereocenters. The molecule has 0 aromatic carbocycles. The molecule has 0 spiro atoms. The fourth-order valence-corrected chi connectivity index (χ4v) is 1.54. The van der Waals surface area contributed by atoms with Gasteiger partial charge in [0.05, 0.1) is 13.2 Å². The summed E-state index contributed by atoms with van der Waals surface area (Å²) in [6, 6.07) is 0. The average Bonchev–Trinajstić information content (AvgIpc) is 2.10. The summed E-state index contributed by atoms with van der Waals surface area (Å²) in [5.41, 5.74) is 0. The zero-order chi connectivity index (χ0) is 13.2. The van der Waals surface area contributed by atoms with Gasteiger partial charge in [-0.1, -0.05) is 13.8 Å². The molecule has 0 saturated heterocycles. The van der Waals surface area contributed by atoms with E-state index in [9.17, 15) is 18.9 Å². The van der Waals surface area contributed by atoms with Crippen molar-refractivity contribution in [3.8, 4) is 0 Å². The first-order valence-corrected chi connectivity index (χ1v) is 8.96. The van der Waals surface area contributed by atoms with E-state index in [0.717, 1.165) is 26.2 Å². The molecule has 2 unspecified atom stereocenters. The number of rotatable bonds is 6. The van der Waals surface area contributed by atoms with Gasteiger partial charge in [0, 0.05) is 13.3 Å². The van der Waals surface area contributed by atoms with Gasteiger partial charge in [-0.25, -0.2) is 0 Å². The molecule has 9 heteroatoms. The standard InChI is InChI=1S/2C4H11O3P.Co/c2*1-3-4-7-8(2,5)6;/h2*3-4H2,1-2H3,(H,5,6);/q;;+2/p-2. The van der Waals surface area contributed by atoms with Gasteiger partial charge in [0.25, 0.3) is 0 Å². The van der Waals surface area contributed by atoms with E-state index in [4.69, 9.17) is 0 Å². The van der Waals surface area contributed by atoms with Crippen LogP contribution in [0.1, 0.15) is 26.7 Å². The minimum Gasteiger partial charge on any atom is -0.779 e. The molecule has 0 aliphatic heterocycles. The second-order valence-electron chi connectivity index (χ2n) is 3.21. The van der Waals surface area contributed by atoms with Crippen molar-refractivity contribution in [1.82, 2.24) is 0 Å². The molecular formula is C8H20CoO6P2. The van der Waals surface area contributed by atoms with Gasteiger partial charge in [-0.3, -0.25) is 0 Å². The predicted octanol–water partition coefficient (Wildman–Crippen LogP) is 1.19. The third-order valence-electron chi connectivity index (χ3n) is 1.06. The van der Waals surface area contributed by atoms with Gasteiger partial charge in [0.2, 0.25) is 0 Å². The third kappa shape index (κ3) is 31.6. The smallest absolute Gasteiger partial charge is 0.779 e. The van der Waals surface area contributed by atoms with Gasteiger partial charge in [-0.05, 0) is 12.8 Å². The Morgan fingerprint density at radius 1 is 0.882 bits per heavy atom. The maximum atomic E-state index is 10.2. The molecule has 0 aromatic rings. The van der Waals surface area contributed by atoms with Crippen LogP contribution >= 0.6 is 15.2 Å². The van der Waals surface area contributed by atoms with Crippen molar-refractivity contribution in [3.05, 3.63) is 0 Å². The molecule has 6 nitrogen and oxygen atoms in total. The summed E-state index contributed by atoms with van der Waals surface area (Å²) in [7, 11) is -6.86. The van der Waals surface area contributed by atoms with Gasteiger partial charge in [-0.2, -0.15) is 0 Å². The largest absolute Gasteiger partial charge is 2.00 e. The predicted molar refractivity (Wildman–Crippen MR) is 59.5 cm³/mol. The molecule has 0 bridgehead atoms. The molecule has 0 fully saturated rings. The van der Waals surface area contributed by atoms with Crippen LogP contribution in [0.2, 0.25) is 0 Å². The molecule has 0 aliphatic rings. The Labute approximate surface area is 113 Å². The van der Waals surface area contributed by atoms with Crippen molar-refractivity contribution < 1.29 is 44.7 Å². The van der Waals surface area contributed by atoms with Crippen LogP contribution in [0.3, 0.4) is 0 Å². The average molecular weight is 333 g/mol. The maximum absolute atomic E-state index is 10.2. The van der Waals surface area contributed by atoms with Crippen LogP contribution in [-0.2, 0) is 35.0 Å². The fourth-order valence-electron chi connectivity index (χ4n) is 0.514. The molecule has 17 heavy (non-hydrogen) atoms. The normalized spacial score (nSPS) is 16.8. The molecule has 0 rings (SSSR count). The van der Waals surface area contributed by atoms with Gasteiger partial charge in [0.15, 0.2) is 0 Å². The summed E-state index contributed by atoms with van der Waals surface area (Å²) in [4.78, 5) is 20.4. The number of hydrogen-bond donors (Lipinski definition) is 0. The van der Waals surface area contributed by atoms with Gasteiger partial charge < -0.3 is 28.0 Å². The second-order valence-corrected chi connectivity index (χ2v) is 6.81. The van der Waals surface area contributed by atoms with Crippen molar-refractivity contribution in [2.45, 2.75) is 26.7 Å². The van der Waals surface area contributed by atoms with Crippen molar-refractivity contribution in [2.75, 3.05) is 26.5 Å². The molecule has 0 saturated carbocycles. The van der Waals surface area contributed by atoms with Crippen LogP contribution < -0.4 is 9.79 Å². The number of hydrogen-bond acceptors (Lipinski definition) is 6. The fraction of sp³-hybridized carbons (Fsp3) is 1.00. The quantitative estimate of drug-likeness (QED) is 0.677. The van der Waals surface area contributed by atoms with Gasteiger partial charge in [-0.15, -0.1) is 0 Å². The summed E-state index contributed by atoms with van der Waals surface area (Å²) in [6.07, 6.45) is 1.47. The third-order valence-corrected chi connectivity index (χ3v) is 2.36. The minimum atomic E-state index is -3.43. The Bertz CT molecular complexity index is 222. The van der Waals surface area contributed by atoms with E-state index in [1.807, 2.05) is 13.8 Å². The molecule has 0 N–H and O–H groups in total. The SMILES string of the molecule is CCCOP(C)(=O)[O-].CCCOP(C)(=O)[O-].[Co+2]. The summed E-state index contributed by atoms with van der Waals surface area (Å²) >= 11 is 0. The summed E-state index contributed by atoms with van der Waals surface area (Å²) in [5, 5.41) is 0. The zero-order valence-corrected chi connectivity index (χ0v) is 13.3. The molecular weight excluding hydrogens is 313 g/mol. The molecule has 0 heterocycles. The van der Waals surface area contributed by atoms with Gasteiger partial charge >= 0.3 is 16.8 Å². The van der Waals surface area contributed by atoms with Crippen LogP contribution in [0.15, 0.2) is 0 Å². The van der Waals surface area contributed by atoms with Crippen LogP contribution in [0.5, 0.6) is 0 Å². The van der Waals surface area contributed by atoms with E-state index in [1.54, 1.807) is 0 Å². The van der Waals surface area contributed by atoms with Crippen LogP contribution in [0.25, 0.3) is 0 Å². The summed E-state index contributed by atoms with van der Waals surface area (Å²) in [6.45, 7) is 6.46. The molecule has 0 aromatic heterocycles. The van der Waals surface area contributed by atoms with Crippen LogP contribution in [0.4, 0.5) is 0 Å². The minimum absolute atomic E-state index is 0. The Morgan fingerprint density at radius 2 is 1.12 bits per heavy atom. The summed E-state index contributed by atoms with van der Waals surface area (Å²) < 4.78 is 29.1. The molecule has 107 valence electrons. The van der Waals surface area contributed by atoms with E-state index in [-0.39, 0.29) is 16.8 Å². The van der Waals surface area contributed by atoms with Crippen molar-refractivity contribution in [1.29, 1.82) is 0 Å². The molecule has 0 aliphatic carbocycles. The van der Waals surface area contributed by atoms with E-state index in [0.29, 0.717) is 13.2 Å². The first-order chi connectivity index (χ1) is 7.12. The van der Waals surface area contributed by atoms with E-state index in [1.165, 1.54) is 0 Å². The topological polar surface area (TPSA) is 98.7 Å².